The van der Waals surface area contributed by atoms with Gasteiger partial charge in [0.05, 0.1) is 17.4 Å². The van der Waals surface area contributed by atoms with Crippen molar-refractivity contribution in [3.8, 4) is 0 Å². The summed E-state index contributed by atoms with van der Waals surface area (Å²) in [6.45, 7) is 7.12. The van der Waals surface area contributed by atoms with Crippen LogP contribution in [0.3, 0.4) is 0 Å². The van der Waals surface area contributed by atoms with Gasteiger partial charge in [-0.1, -0.05) is 20.3 Å². The Labute approximate surface area is 179 Å². The fraction of sp³-hybridized carbons (Fsp3) is 0.864. The van der Waals surface area contributed by atoms with Gasteiger partial charge >= 0.3 is 0 Å². The number of likely N-dealkylation sites (tertiary alicyclic amines) is 1. The second kappa shape index (κ2) is 8.83. The van der Waals surface area contributed by atoms with Gasteiger partial charge in [-0.2, -0.15) is 0 Å². The van der Waals surface area contributed by atoms with E-state index in [1.54, 1.807) is 11.9 Å². The van der Waals surface area contributed by atoms with Gasteiger partial charge in [-0.3, -0.25) is 14.4 Å². The minimum Gasteiger partial charge on any atom is -0.396 e. The Kier molecular flexibility index (Phi) is 6.77. The zero-order valence-electron chi connectivity index (χ0n) is 18.7. The first kappa shape index (κ1) is 23.0. The number of aliphatic hydroxyl groups is 1. The number of fused-ring (bicyclic) bond motifs is 1. The van der Waals surface area contributed by atoms with Crippen molar-refractivity contribution < 1.29 is 24.2 Å². The molecule has 3 N–H and O–H groups in total. The number of carbonyl (C=O) groups is 3. The first-order valence-electron chi connectivity index (χ1n) is 11.4. The topological polar surface area (TPSA) is 108 Å². The monoisotopic (exact) mass is 423 g/mol. The smallest absolute Gasteiger partial charge is 0.245 e. The molecular formula is C22H37N3O5. The van der Waals surface area contributed by atoms with Crippen LogP contribution < -0.4 is 10.6 Å². The van der Waals surface area contributed by atoms with E-state index in [-0.39, 0.29) is 30.2 Å². The quantitative estimate of drug-likeness (QED) is 0.451. The predicted molar refractivity (Wildman–Crippen MR) is 111 cm³/mol. The molecule has 3 unspecified atom stereocenters. The molecule has 0 radical (unpaired) electrons. The van der Waals surface area contributed by atoms with E-state index in [1.807, 2.05) is 13.8 Å². The van der Waals surface area contributed by atoms with E-state index in [2.05, 4.69) is 17.6 Å². The summed E-state index contributed by atoms with van der Waals surface area (Å²) >= 11 is 0. The number of rotatable bonds is 10. The van der Waals surface area contributed by atoms with Gasteiger partial charge in [-0.15, -0.1) is 0 Å². The van der Waals surface area contributed by atoms with Crippen molar-refractivity contribution in [2.24, 2.45) is 17.8 Å². The summed E-state index contributed by atoms with van der Waals surface area (Å²) in [5, 5.41) is 14.8. The van der Waals surface area contributed by atoms with Crippen molar-refractivity contribution >= 4 is 17.7 Å². The van der Waals surface area contributed by atoms with Crippen LogP contribution in [-0.4, -0.2) is 71.7 Å². The fourth-order valence-electron chi connectivity index (χ4n) is 5.89. The summed E-state index contributed by atoms with van der Waals surface area (Å²) in [5.41, 5.74) is -1.72. The summed E-state index contributed by atoms with van der Waals surface area (Å²) < 4.78 is 6.56. The van der Waals surface area contributed by atoms with Gasteiger partial charge < -0.3 is 25.4 Å². The van der Waals surface area contributed by atoms with Gasteiger partial charge in [-0.05, 0) is 44.9 Å². The number of nitrogens with zero attached hydrogens (tertiary/aromatic N) is 1. The maximum atomic E-state index is 13.6. The average molecular weight is 424 g/mol. The highest BCUT2D eigenvalue weighted by atomic mass is 16.5. The molecule has 8 nitrogen and oxygen atoms in total. The normalized spacial score (nSPS) is 36.8. The number of nitrogens with one attached hydrogen (secondary N) is 2. The minimum absolute atomic E-state index is 0.0594. The highest BCUT2D eigenvalue weighted by Gasteiger charge is 2.79. The Balaban J connectivity index is 1.95. The molecule has 3 saturated heterocycles. The van der Waals surface area contributed by atoms with Gasteiger partial charge in [-0.25, -0.2) is 0 Å². The number of ether oxygens (including phenoxy) is 1. The number of unbranched alkanes of at least 4 members (excludes halogenated alkanes) is 3. The van der Waals surface area contributed by atoms with Crippen LogP contribution in [0, 0.1) is 17.8 Å². The molecule has 1 spiro atoms. The molecule has 2 bridgehead atoms. The average Bonchev–Trinajstić information content (AvgIpc) is 3.22. The van der Waals surface area contributed by atoms with Crippen molar-refractivity contribution in [3.05, 3.63) is 0 Å². The molecule has 0 aliphatic carbocycles. The molecule has 3 aliphatic heterocycles. The highest BCUT2D eigenvalue weighted by molar-refractivity contribution is 5.99. The molecule has 3 fully saturated rings. The molecule has 170 valence electrons. The fourth-order valence-corrected chi connectivity index (χ4v) is 5.89. The lowest BCUT2D eigenvalue weighted by atomic mass is 9.62. The zero-order valence-corrected chi connectivity index (χ0v) is 18.7. The van der Waals surface area contributed by atoms with Crippen molar-refractivity contribution in [1.82, 2.24) is 15.5 Å². The lowest BCUT2D eigenvalue weighted by molar-refractivity contribution is -0.147. The van der Waals surface area contributed by atoms with E-state index in [9.17, 15) is 14.4 Å². The van der Waals surface area contributed by atoms with E-state index >= 15 is 0 Å². The van der Waals surface area contributed by atoms with Crippen LogP contribution in [0.25, 0.3) is 0 Å². The Hall–Kier alpha value is -1.67. The van der Waals surface area contributed by atoms with Crippen molar-refractivity contribution in [3.63, 3.8) is 0 Å². The molecule has 3 amide bonds. The zero-order chi connectivity index (χ0) is 22.1. The van der Waals surface area contributed by atoms with E-state index in [4.69, 9.17) is 9.84 Å². The van der Waals surface area contributed by atoms with Gasteiger partial charge in [0.1, 0.15) is 11.6 Å². The standard InChI is InChI=1S/C22H37N3O5/c1-5-6-10-24-19(28)17-22-13-14(2)21(3,30-22)15(18(27)23-4)16(22)20(29)25(17)11-8-7-9-12-26/h14-17,26H,5-13H2,1-4H3,(H,23,27)(H,24,28)/t14?,15-,16+,17?,21+,22?/m1/s1. The lowest BCUT2D eigenvalue weighted by Crippen LogP contribution is -2.56. The molecular weight excluding hydrogens is 386 g/mol. The largest absolute Gasteiger partial charge is 0.396 e. The van der Waals surface area contributed by atoms with E-state index < -0.39 is 29.1 Å². The van der Waals surface area contributed by atoms with Crippen LogP contribution in [0.4, 0.5) is 0 Å². The molecule has 6 atom stereocenters. The predicted octanol–water partition coefficient (Wildman–Crippen LogP) is 0.822. The number of hydrogen-bond acceptors (Lipinski definition) is 5. The summed E-state index contributed by atoms with van der Waals surface area (Å²) in [6, 6.07) is -0.722. The van der Waals surface area contributed by atoms with E-state index in [0.717, 1.165) is 19.3 Å². The van der Waals surface area contributed by atoms with Gasteiger partial charge in [0, 0.05) is 26.7 Å². The Morgan fingerprint density at radius 2 is 1.97 bits per heavy atom. The van der Waals surface area contributed by atoms with Crippen LogP contribution in [0.5, 0.6) is 0 Å². The number of hydrogen-bond donors (Lipinski definition) is 3. The molecule has 0 aromatic rings. The number of aliphatic hydroxyl groups excluding tert-OH is 1. The third kappa shape index (κ3) is 3.42. The van der Waals surface area contributed by atoms with Gasteiger partial charge in [0.15, 0.2) is 0 Å². The molecule has 0 aromatic heterocycles. The highest BCUT2D eigenvalue weighted by Crippen LogP contribution is 2.65. The molecule has 0 saturated carbocycles. The SMILES string of the molecule is CCCCNC(=O)C1N(CCCCCO)C(=O)[C@@H]2[C@H](C(=O)NC)[C@@]3(C)OC12CC3C. The van der Waals surface area contributed by atoms with E-state index in [1.165, 1.54) is 0 Å². The number of carbonyl (C=O) groups excluding carboxylic acids is 3. The van der Waals surface area contributed by atoms with Crippen LogP contribution in [-0.2, 0) is 19.1 Å². The molecule has 0 aromatic carbocycles. The molecule has 30 heavy (non-hydrogen) atoms. The van der Waals surface area contributed by atoms with Gasteiger partial charge in [0.25, 0.3) is 0 Å². The maximum absolute atomic E-state index is 13.6. The third-order valence-corrected chi connectivity index (χ3v) is 7.48. The van der Waals surface area contributed by atoms with Crippen LogP contribution in [0.2, 0.25) is 0 Å². The second-order valence-electron chi connectivity index (χ2n) is 9.28. The Morgan fingerprint density at radius 1 is 1.23 bits per heavy atom. The summed E-state index contributed by atoms with van der Waals surface area (Å²) in [6.07, 6.45) is 4.56. The van der Waals surface area contributed by atoms with Crippen molar-refractivity contribution in [2.75, 3.05) is 26.7 Å². The summed E-state index contributed by atoms with van der Waals surface area (Å²) in [5.74, 6) is -1.72. The maximum Gasteiger partial charge on any atom is 0.245 e. The molecule has 3 aliphatic rings. The van der Waals surface area contributed by atoms with Crippen LogP contribution in [0.1, 0.15) is 59.3 Å². The molecule has 3 rings (SSSR count). The lowest BCUT2D eigenvalue weighted by Gasteiger charge is -2.36. The van der Waals surface area contributed by atoms with Gasteiger partial charge in [0.2, 0.25) is 17.7 Å². The third-order valence-electron chi connectivity index (χ3n) is 7.48. The molecule has 8 heteroatoms. The first-order chi connectivity index (χ1) is 14.3. The molecule has 3 heterocycles. The van der Waals surface area contributed by atoms with Crippen LogP contribution >= 0.6 is 0 Å². The second-order valence-corrected chi connectivity index (χ2v) is 9.28. The minimum atomic E-state index is -0.963. The Bertz CT molecular complexity index is 686. The van der Waals surface area contributed by atoms with E-state index in [0.29, 0.717) is 32.4 Å². The Morgan fingerprint density at radius 3 is 2.60 bits per heavy atom. The van der Waals surface area contributed by atoms with Crippen LogP contribution in [0.15, 0.2) is 0 Å². The van der Waals surface area contributed by atoms with Crippen molar-refractivity contribution in [2.45, 2.75) is 76.5 Å². The number of amides is 3. The van der Waals surface area contributed by atoms with Crippen molar-refractivity contribution in [1.29, 1.82) is 0 Å². The summed E-state index contributed by atoms with van der Waals surface area (Å²) in [4.78, 5) is 41.4. The summed E-state index contributed by atoms with van der Waals surface area (Å²) in [7, 11) is 1.58. The first-order valence-corrected chi connectivity index (χ1v) is 11.4.